The number of aromatic nitrogens is 2. The molecule has 0 saturated heterocycles. The zero-order valence-corrected chi connectivity index (χ0v) is 7.45. The van der Waals surface area contributed by atoms with Crippen molar-refractivity contribution in [1.82, 2.24) is 14.9 Å². The van der Waals surface area contributed by atoms with Crippen molar-refractivity contribution in [3.63, 3.8) is 0 Å². The van der Waals surface area contributed by atoms with Gasteiger partial charge < -0.3 is 9.88 Å². The van der Waals surface area contributed by atoms with Crippen molar-refractivity contribution < 1.29 is 0 Å². The van der Waals surface area contributed by atoms with Crippen LogP contribution in [0.1, 0.15) is 5.82 Å². The zero-order valence-electron chi connectivity index (χ0n) is 5.88. The van der Waals surface area contributed by atoms with E-state index in [1.165, 1.54) is 0 Å². The summed E-state index contributed by atoms with van der Waals surface area (Å²) in [5.41, 5.74) is 0. The number of halogens is 2. The smallest absolute Gasteiger partial charge is 0.128 e. The predicted octanol–water partition coefficient (Wildman–Crippen LogP) is 1.06. The molecule has 0 aliphatic carbocycles. The van der Waals surface area contributed by atoms with E-state index >= 15 is 0 Å². The second-order valence-corrected chi connectivity index (χ2v) is 2.71. The van der Waals surface area contributed by atoms with Gasteiger partial charge in [-0.15, -0.1) is 12.4 Å². The van der Waals surface area contributed by atoms with Gasteiger partial charge in [-0.25, -0.2) is 4.98 Å². The molecule has 0 amide bonds. The normalized spacial score (nSPS) is 15.4. The van der Waals surface area contributed by atoms with Crippen LogP contribution in [0.3, 0.4) is 0 Å². The predicted molar refractivity (Wildman–Crippen MR) is 46.2 cm³/mol. The summed E-state index contributed by atoms with van der Waals surface area (Å²) in [6.07, 6.45) is 1.70. The van der Waals surface area contributed by atoms with Crippen molar-refractivity contribution in [3.8, 4) is 0 Å². The van der Waals surface area contributed by atoms with E-state index in [1.807, 2.05) is 4.57 Å². The molecule has 2 heterocycles. The Labute approximate surface area is 76.2 Å². The first kappa shape index (κ1) is 8.84. The molecular formula is C6H9Cl2N3. The van der Waals surface area contributed by atoms with Gasteiger partial charge in [-0.2, -0.15) is 0 Å². The van der Waals surface area contributed by atoms with Crippen LogP contribution < -0.4 is 5.32 Å². The molecule has 1 aromatic heterocycles. The second kappa shape index (κ2) is 3.43. The van der Waals surface area contributed by atoms with E-state index in [2.05, 4.69) is 10.3 Å². The second-order valence-electron chi connectivity index (χ2n) is 2.33. The third-order valence-corrected chi connectivity index (χ3v) is 1.99. The lowest BCUT2D eigenvalue weighted by molar-refractivity contribution is 0.506. The summed E-state index contributed by atoms with van der Waals surface area (Å²) in [6.45, 7) is 2.77. The van der Waals surface area contributed by atoms with E-state index in [0.29, 0.717) is 0 Å². The molecule has 0 spiro atoms. The van der Waals surface area contributed by atoms with Gasteiger partial charge in [0, 0.05) is 13.1 Å². The van der Waals surface area contributed by atoms with Crippen LogP contribution in [0.5, 0.6) is 0 Å². The Morgan fingerprint density at radius 2 is 2.45 bits per heavy atom. The van der Waals surface area contributed by atoms with Crippen LogP contribution in [0.25, 0.3) is 0 Å². The topological polar surface area (TPSA) is 29.9 Å². The highest BCUT2D eigenvalue weighted by molar-refractivity contribution is 6.29. The fourth-order valence-electron chi connectivity index (χ4n) is 1.16. The average Bonchev–Trinajstić information content (AvgIpc) is 2.34. The number of fused-ring (bicyclic) bond motifs is 1. The Hall–Kier alpha value is -0.250. The minimum Gasteiger partial charge on any atom is -0.317 e. The monoisotopic (exact) mass is 193 g/mol. The molecule has 62 valence electrons. The van der Waals surface area contributed by atoms with Crippen molar-refractivity contribution in [2.75, 3.05) is 6.54 Å². The Balaban J connectivity index is 0.000000605. The Bertz CT molecular complexity index is 246. The standard InChI is InChI=1S/C6H8ClN3.ClH/c7-5-3-9-6-4-8-1-2-10(5)6;/h3,8H,1-2,4H2;1H. The molecule has 0 bridgehead atoms. The lowest BCUT2D eigenvalue weighted by Crippen LogP contribution is -2.28. The number of hydrogen-bond donors (Lipinski definition) is 1. The minimum atomic E-state index is 0. The largest absolute Gasteiger partial charge is 0.317 e. The molecule has 1 aliphatic heterocycles. The molecule has 2 rings (SSSR count). The summed E-state index contributed by atoms with van der Waals surface area (Å²) in [4.78, 5) is 4.12. The molecule has 11 heavy (non-hydrogen) atoms. The van der Waals surface area contributed by atoms with Crippen LogP contribution >= 0.6 is 24.0 Å². The summed E-state index contributed by atoms with van der Waals surface area (Å²) in [7, 11) is 0. The molecule has 0 aromatic carbocycles. The number of nitrogens with zero attached hydrogens (tertiary/aromatic N) is 2. The average molecular weight is 194 g/mol. The first-order valence-corrected chi connectivity index (χ1v) is 3.66. The van der Waals surface area contributed by atoms with E-state index in [0.717, 1.165) is 30.6 Å². The molecule has 0 unspecified atom stereocenters. The van der Waals surface area contributed by atoms with Crippen molar-refractivity contribution in [1.29, 1.82) is 0 Å². The van der Waals surface area contributed by atoms with Crippen molar-refractivity contribution in [2.45, 2.75) is 13.1 Å². The Morgan fingerprint density at radius 3 is 3.18 bits per heavy atom. The Kier molecular flexibility index (Phi) is 2.76. The maximum Gasteiger partial charge on any atom is 0.128 e. The highest BCUT2D eigenvalue weighted by atomic mass is 35.5. The van der Waals surface area contributed by atoms with Crippen molar-refractivity contribution in [2.24, 2.45) is 0 Å². The maximum absolute atomic E-state index is 5.83. The number of imidazole rings is 1. The van der Waals surface area contributed by atoms with Gasteiger partial charge in [0.1, 0.15) is 11.0 Å². The van der Waals surface area contributed by atoms with Gasteiger partial charge in [0.05, 0.1) is 12.7 Å². The zero-order chi connectivity index (χ0) is 6.97. The van der Waals surface area contributed by atoms with Crippen LogP contribution in [-0.4, -0.2) is 16.1 Å². The van der Waals surface area contributed by atoms with E-state index in [-0.39, 0.29) is 12.4 Å². The van der Waals surface area contributed by atoms with E-state index in [1.54, 1.807) is 6.20 Å². The van der Waals surface area contributed by atoms with E-state index < -0.39 is 0 Å². The number of rotatable bonds is 0. The number of nitrogens with one attached hydrogen (secondary N) is 1. The minimum absolute atomic E-state index is 0. The molecule has 0 fully saturated rings. The molecule has 1 aromatic rings. The highest BCUT2D eigenvalue weighted by Crippen LogP contribution is 2.12. The fourth-order valence-corrected chi connectivity index (χ4v) is 1.39. The first-order chi connectivity index (χ1) is 4.88. The van der Waals surface area contributed by atoms with Gasteiger partial charge in [0.2, 0.25) is 0 Å². The van der Waals surface area contributed by atoms with Gasteiger partial charge >= 0.3 is 0 Å². The van der Waals surface area contributed by atoms with Crippen LogP contribution in [-0.2, 0) is 13.1 Å². The summed E-state index contributed by atoms with van der Waals surface area (Å²) in [5, 5.41) is 3.96. The SMILES string of the molecule is Cl.Clc1cnc2n1CCNC2. The van der Waals surface area contributed by atoms with Gasteiger partial charge in [0.15, 0.2) is 0 Å². The summed E-state index contributed by atoms with van der Waals surface area (Å²) >= 11 is 5.83. The van der Waals surface area contributed by atoms with Gasteiger partial charge in [-0.05, 0) is 0 Å². The molecule has 0 radical (unpaired) electrons. The molecule has 3 nitrogen and oxygen atoms in total. The highest BCUT2D eigenvalue weighted by Gasteiger charge is 2.10. The summed E-state index contributed by atoms with van der Waals surface area (Å²) in [5.74, 6) is 1.04. The Morgan fingerprint density at radius 1 is 1.64 bits per heavy atom. The molecule has 1 N–H and O–H groups in total. The third kappa shape index (κ3) is 1.50. The lowest BCUT2D eigenvalue weighted by atomic mass is 10.4. The van der Waals surface area contributed by atoms with E-state index in [9.17, 15) is 0 Å². The summed E-state index contributed by atoms with van der Waals surface area (Å²) < 4.78 is 2.03. The number of hydrogen-bond acceptors (Lipinski definition) is 2. The van der Waals surface area contributed by atoms with Crippen LogP contribution in [0.2, 0.25) is 5.15 Å². The van der Waals surface area contributed by atoms with E-state index in [4.69, 9.17) is 11.6 Å². The maximum atomic E-state index is 5.83. The molecule has 5 heteroatoms. The third-order valence-electron chi connectivity index (χ3n) is 1.68. The fraction of sp³-hybridized carbons (Fsp3) is 0.500. The van der Waals surface area contributed by atoms with Gasteiger partial charge in [0.25, 0.3) is 0 Å². The lowest BCUT2D eigenvalue weighted by Gasteiger charge is -2.15. The quantitative estimate of drug-likeness (QED) is 0.669. The molecular weight excluding hydrogens is 185 g/mol. The van der Waals surface area contributed by atoms with Crippen LogP contribution in [0, 0.1) is 0 Å². The van der Waals surface area contributed by atoms with Crippen molar-refractivity contribution in [3.05, 3.63) is 17.2 Å². The molecule has 0 saturated carbocycles. The molecule has 1 aliphatic rings. The van der Waals surface area contributed by atoms with Crippen LogP contribution in [0.4, 0.5) is 0 Å². The first-order valence-electron chi connectivity index (χ1n) is 3.28. The molecule has 0 atom stereocenters. The summed E-state index contributed by atoms with van der Waals surface area (Å²) in [6, 6.07) is 0. The van der Waals surface area contributed by atoms with Gasteiger partial charge in [-0.3, -0.25) is 0 Å². The van der Waals surface area contributed by atoms with Crippen molar-refractivity contribution >= 4 is 24.0 Å². The van der Waals surface area contributed by atoms with Crippen LogP contribution in [0.15, 0.2) is 6.20 Å². The van der Waals surface area contributed by atoms with Gasteiger partial charge in [-0.1, -0.05) is 11.6 Å².